The van der Waals surface area contributed by atoms with Crippen molar-refractivity contribution >= 4 is 5.97 Å². The number of carbonyl (C=O) groups is 1. The minimum atomic E-state index is -0.669. The van der Waals surface area contributed by atoms with E-state index >= 15 is 0 Å². The lowest BCUT2D eigenvalue weighted by atomic mass is 9.89. The number of carboxylic acids is 1. The van der Waals surface area contributed by atoms with Gasteiger partial charge in [0.2, 0.25) is 0 Å². The van der Waals surface area contributed by atoms with E-state index in [1.807, 2.05) is 19.1 Å². The third kappa shape index (κ3) is 3.34. The fourth-order valence-corrected chi connectivity index (χ4v) is 2.17. The van der Waals surface area contributed by atoms with E-state index in [1.54, 1.807) is 0 Å². The Morgan fingerprint density at radius 1 is 1.60 bits per heavy atom. The van der Waals surface area contributed by atoms with Crippen LogP contribution in [0, 0.1) is 5.92 Å². The molecule has 0 bridgehead atoms. The van der Waals surface area contributed by atoms with E-state index in [9.17, 15) is 4.79 Å². The molecule has 0 aliphatic carbocycles. The lowest BCUT2D eigenvalue weighted by molar-refractivity contribution is -0.145. The molecule has 0 saturated carbocycles. The zero-order chi connectivity index (χ0) is 11.3. The molecule has 3 heteroatoms. The fourth-order valence-electron chi connectivity index (χ4n) is 2.17. The molecule has 0 aromatic rings. The SMILES string of the molecule is C/C=C/CN1CCC(CC)CC1C(=O)O. The summed E-state index contributed by atoms with van der Waals surface area (Å²) < 4.78 is 0. The predicted molar refractivity (Wildman–Crippen MR) is 60.8 cm³/mol. The first-order valence-electron chi connectivity index (χ1n) is 5.77. The second-order valence-electron chi connectivity index (χ2n) is 4.22. The van der Waals surface area contributed by atoms with Gasteiger partial charge in [-0.1, -0.05) is 25.5 Å². The molecule has 1 aliphatic heterocycles. The molecule has 2 unspecified atom stereocenters. The molecule has 15 heavy (non-hydrogen) atoms. The van der Waals surface area contributed by atoms with Crippen LogP contribution in [-0.4, -0.2) is 35.1 Å². The number of hydrogen-bond donors (Lipinski definition) is 1. The minimum absolute atomic E-state index is 0.278. The maximum atomic E-state index is 11.1. The van der Waals surface area contributed by atoms with Crippen LogP contribution < -0.4 is 0 Å². The van der Waals surface area contributed by atoms with Crippen LogP contribution in [0.4, 0.5) is 0 Å². The number of likely N-dealkylation sites (tertiary alicyclic amines) is 1. The summed E-state index contributed by atoms with van der Waals surface area (Å²) in [5, 5.41) is 9.16. The lowest BCUT2D eigenvalue weighted by Gasteiger charge is -2.36. The number of nitrogens with zero attached hydrogens (tertiary/aromatic N) is 1. The van der Waals surface area contributed by atoms with Crippen LogP contribution in [0.25, 0.3) is 0 Å². The summed E-state index contributed by atoms with van der Waals surface area (Å²) in [7, 11) is 0. The summed E-state index contributed by atoms with van der Waals surface area (Å²) in [4.78, 5) is 13.2. The summed E-state index contributed by atoms with van der Waals surface area (Å²) in [6.45, 7) is 5.80. The maximum absolute atomic E-state index is 11.1. The summed E-state index contributed by atoms with van der Waals surface area (Å²) >= 11 is 0. The molecule has 0 radical (unpaired) electrons. The van der Waals surface area contributed by atoms with Crippen LogP contribution in [0.2, 0.25) is 0 Å². The number of carboxylic acid groups (broad SMARTS) is 1. The highest BCUT2D eigenvalue weighted by Crippen LogP contribution is 2.25. The van der Waals surface area contributed by atoms with Crippen molar-refractivity contribution in [2.45, 2.75) is 39.2 Å². The first kappa shape index (κ1) is 12.2. The molecule has 1 N–H and O–H groups in total. The Morgan fingerprint density at radius 2 is 2.33 bits per heavy atom. The summed E-state index contributed by atoms with van der Waals surface area (Å²) in [6, 6.07) is -0.278. The van der Waals surface area contributed by atoms with Gasteiger partial charge in [0.25, 0.3) is 0 Å². The highest BCUT2D eigenvalue weighted by molar-refractivity contribution is 5.73. The van der Waals surface area contributed by atoms with Crippen LogP contribution in [0.5, 0.6) is 0 Å². The van der Waals surface area contributed by atoms with Gasteiger partial charge in [-0.3, -0.25) is 9.69 Å². The number of aliphatic carboxylic acids is 1. The van der Waals surface area contributed by atoms with Gasteiger partial charge in [0, 0.05) is 6.54 Å². The van der Waals surface area contributed by atoms with Crippen molar-refractivity contribution in [3.8, 4) is 0 Å². The summed E-state index contributed by atoms with van der Waals surface area (Å²) in [5.41, 5.74) is 0. The van der Waals surface area contributed by atoms with Crippen LogP contribution in [0.15, 0.2) is 12.2 Å². The average Bonchev–Trinajstić information content (AvgIpc) is 2.26. The second-order valence-corrected chi connectivity index (χ2v) is 4.22. The zero-order valence-electron chi connectivity index (χ0n) is 9.65. The predicted octanol–water partition coefficient (Wildman–Crippen LogP) is 2.14. The first-order valence-corrected chi connectivity index (χ1v) is 5.77. The Bertz CT molecular complexity index is 238. The van der Waals surface area contributed by atoms with Gasteiger partial charge in [-0.15, -0.1) is 0 Å². The van der Waals surface area contributed by atoms with Crippen molar-refractivity contribution in [3.63, 3.8) is 0 Å². The van der Waals surface area contributed by atoms with E-state index in [1.165, 1.54) is 0 Å². The molecular formula is C12H21NO2. The van der Waals surface area contributed by atoms with E-state index in [2.05, 4.69) is 11.8 Å². The van der Waals surface area contributed by atoms with Gasteiger partial charge >= 0.3 is 5.97 Å². The summed E-state index contributed by atoms with van der Waals surface area (Å²) in [5.74, 6) is -0.0781. The molecule has 1 rings (SSSR count). The number of allylic oxidation sites excluding steroid dienone is 1. The molecule has 3 nitrogen and oxygen atoms in total. The van der Waals surface area contributed by atoms with Crippen LogP contribution >= 0.6 is 0 Å². The van der Waals surface area contributed by atoms with Gasteiger partial charge in [0.15, 0.2) is 0 Å². The van der Waals surface area contributed by atoms with Gasteiger partial charge in [0.1, 0.15) is 6.04 Å². The number of piperidine rings is 1. The van der Waals surface area contributed by atoms with E-state index in [-0.39, 0.29) is 6.04 Å². The van der Waals surface area contributed by atoms with Gasteiger partial charge < -0.3 is 5.11 Å². The lowest BCUT2D eigenvalue weighted by Crippen LogP contribution is -2.47. The Balaban J connectivity index is 2.58. The van der Waals surface area contributed by atoms with Crippen LogP contribution in [0.1, 0.15) is 33.1 Å². The quantitative estimate of drug-likeness (QED) is 0.724. The minimum Gasteiger partial charge on any atom is -0.480 e. The van der Waals surface area contributed by atoms with Crippen molar-refractivity contribution in [2.24, 2.45) is 5.92 Å². The van der Waals surface area contributed by atoms with Crippen molar-refractivity contribution < 1.29 is 9.90 Å². The van der Waals surface area contributed by atoms with E-state index < -0.39 is 5.97 Å². The molecule has 0 amide bonds. The monoisotopic (exact) mass is 211 g/mol. The molecule has 2 atom stereocenters. The Morgan fingerprint density at radius 3 is 2.87 bits per heavy atom. The molecule has 86 valence electrons. The zero-order valence-corrected chi connectivity index (χ0v) is 9.65. The highest BCUT2D eigenvalue weighted by Gasteiger charge is 2.31. The van der Waals surface area contributed by atoms with Crippen molar-refractivity contribution in [1.82, 2.24) is 4.90 Å². The smallest absolute Gasteiger partial charge is 0.320 e. The second kappa shape index (κ2) is 5.91. The number of rotatable bonds is 4. The maximum Gasteiger partial charge on any atom is 0.320 e. The van der Waals surface area contributed by atoms with Crippen molar-refractivity contribution in [2.75, 3.05) is 13.1 Å². The summed E-state index contributed by atoms with van der Waals surface area (Å²) in [6.07, 6.45) is 7.05. The molecule has 1 saturated heterocycles. The Hall–Kier alpha value is -0.830. The van der Waals surface area contributed by atoms with E-state index in [0.29, 0.717) is 5.92 Å². The molecule has 1 heterocycles. The molecule has 0 aromatic heterocycles. The average molecular weight is 211 g/mol. The van der Waals surface area contributed by atoms with Crippen LogP contribution in [0.3, 0.4) is 0 Å². The third-order valence-electron chi connectivity index (χ3n) is 3.26. The molecule has 1 aliphatic rings. The topological polar surface area (TPSA) is 40.5 Å². The Kier molecular flexibility index (Phi) is 4.82. The largest absolute Gasteiger partial charge is 0.480 e. The highest BCUT2D eigenvalue weighted by atomic mass is 16.4. The molecule has 0 aromatic carbocycles. The molecular weight excluding hydrogens is 190 g/mol. The van der Waals surface area contributed by atoms with E-state index in [0.717, 1.165) is 32.4 Å². The van der Waals surface area contributed by atoms with Gasteiger partial charge in [-0.2, -0.15) is 0 Å². The standard InChI is InChI=1S/C12H21NO2/c1-3-5-7-13-8-6-10(4-2)9-11(13)12(14)15/h3,5,10-11H,4,6-9H2,1-2H3,(H,14,15)/b5-3+. The Labute approximate surface area is 91.8 Å². The van der Waals surface area contributed by atoms with Gasteiger partial charge in [-0.25, -0.2) is 0 Å². The third-order valence-corrected chi connectivity index (χ3v) is 3.26. The van der Waals surface area contributed by atoms with Gasteiger partial charge in [-0.05, 0) is 32.2 Å². The van der Waals surface area contributed by atoms with Crippen molar-refractivity contribution in [3.05, 3.63) is 12.2 Å². The van der Waals surface area contributed by atoms with Crippen molar-refractivity contribution in [1.29, 1.82) is 0 Å². The van der Waals surface area contributed by atoms with Crippen LogP contribution in [-0.2, 0) is 4.79 Å². The molecule has 0 spiro atoms. The normalized spacial score (nSPS) is 28.4. The fraction of sp³-hybridized carbons (Fsp3) is 0.750. The number of hydrogen-bond acceptors (Lipinski definition) is 2. The van der Waals surface area contributed by atoms with E-state index in [4.69, 9.17) is 5.11 Å². The first-order chi connectivity index (χ1) is 7.19. The molecule has 1 fully saturated rings. The van der Waals surface area contributed by atoms with Gasteiger partial charge in [0.05, 0.1) is 0 Å².